The first-order valence-electron chi connectivity index (χ1n) is 5.55. The number of carbonyl (C=O) groups is 1. The lowest BCUT2D eigenvalue weighted by Crippen LogP contribution is -2.67. The zero-order valence-corrected chi connectivity index (χ0v) is 9.08. The molecule has 1 amide bonds. The summed E-state index contributed by atoms with van der Waals surface area (Å²) in [7, 11) is 0. The van der Waals surface area contributed by atoms with Crippen LogP contribution in [0, 0.1) is 5.92 Å². The third-order valence-corrected chi connectivity index (χ3v) is 3.41. The maximum absolute atomic E-state index is 11.6. The number of rotatable bonds is 2. The Morgan fingerprint density at radius 3 is 2.94 bits per heavy atom. The first-order valence-corrected chi connectivity index (χ1v) is 5.55. The zero-order chi connectivity index (χ0) is 11.7. The Morgan fingerprint density at radius 2 is 2.25 bits per heavy atom. The van der Waals surface area contributed by atoms with E-state index in [1.165, 1.54) is 11.0 Å². The molecule has 1 aliphatic heterocycles. The molecule has 0 bridgehead atoms. The van der Waals surface area contributed by atoms with E-state index >= 15 is 0 Å². The second kappa shape index (κ2) is 4.43. The molecule has 2 aliphatic rings. The van der Waals surface area contributed by atoms with Crippen molar-refractivity contribution >= 4 is 6.09 Å². The maximum atomic E-state index is 11.6. The van der Waals surface area contributed by atoms with Crippen LogP contribution in [0.3, 0.4) is 0 Å². The molecule has 4 atom stereocenters. The van der Waals surface area contributed by atoms with E-state index in [1.54, 1.807) is 0 Å². The Hall–Kier alpha value is -1.07. The van der Waals surface area contributed by atoms with Crippen LogP contribution in [0.5, 0.6) is 0 Å². The molecule has 90 valence electrons. The molecular formula is C11H17NO4. The summed E-state index contributed by atoms with van der Waals surface area (Å²) in [5.41, 5.74) is 0. The van der Waals surface area contributed by atoms with E-state index in [1.807, 2.05) is 0 Å². The van der Waals surface area contributed by atoms with Gasteiger partial charge in [-0.1, -0.05) is 12.7 Å². The van der Waals surface area contributed by atoms with Crippen molar-refractivity contribution in [1.29, 1.82) is 0 Å². The van der Waals surface area contributed by atoms with E-state index in [0.29, 0.717) is 18.9 Å². The highest BCUT2D eigenvalue weighted by Crippen LogP contribution is 2.37. The van der Waals surface area contributed by atoms with Crippen molar-refractivity contribution in [1.82, 2.24) is 4.90 Å². The first kappa shape index (κ1) is 11.4. The van der Waals surface area contributed by atoms with Crippen LogP contribution in [0.1, 0.15) is 12.8 Å². The van der Waals surface area contributed by atoms with Gasteiger partial charge < -0.3 is 19.8 Å². The summed E-state index contributed by atoms with van der Waals surface area (Å²) in [6.45, 7) is 4.25. The van der Waals surface area contributed by atoms with Crippen LogP contribution in [0.2, 0.25) is 0 Å². The average molecular weight is 227 g/mol. The van der Waals surface area contributed by atoms with Crippen molar-refractivity contribution in [2.75, 3.05) is 13.2 Å². The largest absolute Gasteiger partial charge is 0.445 e. The van der Waals surface area contributed by atoms with E-state index in [0.717, 1.165) is 6.42 Å². The summed E-state index contributed by atoms with van der Waals surface area (Å²) >= 11 is 0. The van der Waals surface area contributed by atoms with Crippen molar-refractivity contribution in [3.63, 3.8) is 0 Å². The van der Waals surface area contributed by atoms with E-state index in [4.69, 9.17) is 4.74 Å². The van der Waals surface area contributed by atoms with Gasteiger partial charge in [-0.15, -0.1) is 0 Å². The minimum atomic E-state index is -0.844. The van der Waals surface area contributed by atoms with Crippen LogP contribution < -0.4 is 0 Å². The van der Waals surface area contributed by atoms with Crippen LogP contribution in [-0.4, -0.2) is 52.6 Å². The Labute approximate surface area is 94.3 Å². The molecule has 1 aliphatic carbocycles. The van der Waals surface area contributed by atoms with Crippen molar-refractivity contribution in [3.8, 4) is 0 Å². The number of aliphatic hydroxyl groups excluding tert-OH is 2. The van der Waals surface area contributed by atoms with Gasteiger partial charge in [-0.25, -0.2) is 4.79 Å². The second-order valence-corrected chi connectivity index (χ2v) is 4.40. The number of aliphatic hydroxyl groups is 2. The van der Waals surface area contributed by atoms with E-state index < -0.39 is 18.3 Å². The maximum Gasteiger partial charge on any atom is 0.410 e. The fourth-order valence-electron chi connectivity index (χ4n) is 2.52. The summed E-state index contributed by atoms with van der Waals surface area (Å²) in [5.74, 6) is 0.301. The third-order valence-electron chi connectivity index (χ3n) is 3.41. The normalized spacial score (nSPS) is 37.2. The standard InChI is InChI=1S/C11H17NO4/c1-2-5-16-11(15)12-6-7-3-4-8(13)10(14)9(7)12/h2,7-10,13-14H,1,3-6H2/t7-,8+,9+,10+/m1/s1. The molecule has 2 N–H and O–H groups in total. The molecule has 1 saturated carbocycles. The number of carbonyl (C=O) groups excluding carboxylic acids is 1. The minimum absolute atomic E-state index is 0.172. The van der Waals surface area contributed by atoms with E-state index in [2.05, 4.69) is 6.58 Å². The molecule has 5 heteroatoms. The van der Waals surface area contributed by atoms with Crippen LogP contribution in [0.25, 0.3) is 0 Å². The lowest BCUT2D eigenvalue weighted by atomic mass is 9.74. The molecule has 0 spiro atoms. The lowest BCUT2D eigenvalue weighted by Gasteiger charge is -2.53. The van der Waals surface area contributed by atoms with Gasteiger partial charge in [0.1, 0.15) is 12.7 Å². The summed E-state index contributed by atoms with van der Waals surface area (Å²) in [6, 6.07) is -0.277. The quantitative estimate of drug-likeness (QED) is 0.658. The monoisotopic (exact) mass is 227 g/mol. The summed E-state index contributed by atoms with van der Waals surface area (Å²) in [4.78, 5) is 13.0. The fraction of sp³-hybridized carbons (Fsp3) is 0.727. The molecule has 0 aromatic heterocycles. The van der Waals surface area contributed by atoms with Gasteiger partial charge >= 0.3 is 6.09 Å². The topological polar surface area (TPSA) is 70.0 Å². The first-order chi connectivity index (χ1) is 7.65. The highest BCUT2D eigenvalue weighted by molar-refractivity contribution is 5.69. The highest BCUT2D eigenvalue weighted by Gasteiger charge is 2.51. The van der Waals surface area contributed by atoms with E-state index in [-0.39, 0.29) is 12.6 Å². The molecule has 5 nitrogen and oxygen atoms in total. The third kappa shape index (κ3) is 1.81. The molecule has 2 rings (SSSR count). The van der Waals surface area contributed by atoms with Crippen LogP contribution in [0.4, 0.5) is 4.79 Å². The predicted molar refractivity (Wildman–Crippen MR) is 56.8 cm³/mol. The van der Waals surface area contributed by atoms with Crippen molar-refractivity contribution in [2.45, 2.75) is 31.1 Å². The van der Waals surface area contributed by atoms with Gasteiger partial charge in [-0.3, -0.25) is 0 Å². The number of hydrogen-bond acceptors (Lipinski definition) is 4. The van der Waals surface area contributed by atoms with Gasteiger partial charge in [0.25, 0.3) is 0 Å². The second-order valence-electron chi connectivity index (χ2n) is 4.40. The molecule has 0 unspecified atom stereocenters. The number of nitrogens with zero attached hydrogens (tertiary/aromatic N) is 1. The number of amides is 1. The molecule has 0 aromatic carbocycles. The van der Waals surface area contributed by atoms with Gasteiger partial charge in [0.05, 0.1) is 12.1 Å². The highest BCUT2D eigenvalue weighted by atomic mass is 16.6. The predicted octanol–water partition coefficient (Wildman–Crippen LogP) is 0.125. The van der Waals surface area contributed by atoms with Crippen molar-refractivity contribution in [2.24, 2.45) is 5.92 Å². The van der Waals surface area contributed by atoms with Crippen molar-refractivity contribution < 1.29 is 19.7 Å². The number of hydrogen-bond donors (Lipinski definition) is 2. The Bertz CT molecular complexity index is 294. The van der Waals surface area contributed by atoms with E-state index in [9.17, 15) is 15.0 Å². The molecule has 0 aromatic rings. The zero-order valence-electron chi connectivity index (χ0n) is 9.08. The minimum Gasteiger partial charge on any atom is -0.445 e. The summed E-state index contributed by atoms with van der Waals surface area (Å²) in [5, 5.41) is 19.3. The molecule has 2 fully saturated rings. The van der Waals surface area contributed by atoms with Gasteiger partial charge in [-0.05, 0) is 18.8 Å². The molecule has 16 heavy (non-hydrogen) atoms. The Balaban J connectivity index is 1.94. The average Bonchev–Trinajstić information content (AvgIpc) is 2.22. The SMILES string of the molecule is C=CCOC(=O)N1C[C@H]2CC[C@H](O)[C@H](O)[C@H]21. The number of ether oxygens (including phenoxy) is 1. The lowest BCUT2D eigenvalue weighted by molar-refractivity contribution is -0.130. The smallest absolute Gasteiger partial charge is 0.410 e. The van der Waals surface area contributed by atoms with Gasteiger partial charge in [0, 0.05) is 6.54 Å². The van der Waals surface area contributed by atoms with Crippen LogP contribution >= 0.6 is 0 Å². The number of likely N-dealkylation sites (tertiary alicyclic amines) is 1. The van der Waals surface area contributed by atoms with Gasteiger partial charge in [-0.2, -0.15) is 0 Å². The van der Waals surface area contributed by atoms with Crippen molar-refractivity contribution in [3.05, 3.63) is 12.7 Å². The molecular weight excluding hydrogens is 210 g/mol. The van der Waals surface area contributed by atoms with Gasteiger partial charge in [0.2, 0.25) is 0 Å². The molecule has 0 radical (unpaired) electrons. The van der Waals surface area contributed by atoms with Crippen LogP contribution in [0.15, 0.2) is 12.7 Å². The summed E-state index contributed by atoms with van der Waals surface area (Å²) < 4.78 is 4.90. The summed E-state index contributed by atoms with van der Waals surface area (Å²) in [6.07, 6.45) is 0.960. The van der Waals surface area contributed by atoms with Gasteiger partial charge in [0.15, 0.2) is 0 Å². The number of fused-ring (bicyclic) bond motifs is 1. The van der Waals surface area contributed by atoms with Crippen LogP contribution in [-0.2, 0) is 4.74 Å². The molecule has 1 heterocycles. The Kier molecular flexibility index (Phi) is 3.16. The fourth-order valence-corrected chi connectivity index (χ4v) is 2.52. The molecule has 1 saturated heterocycles. The Morgan fingerprint density at radius 1 is 1.50 bits per heavy atom.